The number of nitrogens with one attached hydrogen (secondary N) is 1. The number of benzene rings is 2. The van der Waals surface area contributed by atoms with Gasteiger partial charge in [0.05, 0.1) is 40.4 Å². The highest BCUT2D eigenvalue weighted by Gasteiger charge is 2.19. The number of para-hydroxylation sites is 3. The third-order valence-corrected chi connectivity index (χ3v) is 6.11. The molecule has 5 aromatic rings. The molecule has 2 aromatic carbocycles. The summed E-state index contributed by atoms with van der Waals surface area (Å²) in [4.78, 5) is 16.9. The van der Waals surface area contributed by atoms with Crippen LogP contribution in [0.1, 0.15) is 11.6 Å². The van der Waals surface area contributed by atoms with Crippen molar-refractivity contribution < 1.29 is 9.32 Å². The van der Waals surface area contributed by atoms with Crippen molar-refractivity contribution in [3.63, 3.8) is 0 Å². The number of thioether (sulfide) groups is 1. The molecule has 9 nitrogen and oxygen atoms in total. The summed E-state index contributed by atoms with van der Waals surface area (Å²) in [6.45, 7) is 2.19. The lowest BCUT2D eigenvalue weighted by Gasteiger charge is -2.12. The highest BCUT2D eigenvalue weighted by Crippen LogP contribution is 2.28. The van der Waals surface area contributed by atoms with Crippen molar-refractivity contribution in [1.29, 1.82) is 0 Å². The second kappa shape index (κ2) is 9.08. The average molecular weight is 480 g/mol. The van der Waals surface area contributed by atoms with Gasteiger partial charge in [-0.25, -0.2) is 4.98 Å². The van der Waals surface area contributed by atoms with Gasteiger partial charge in [-0.3, -0.25) is 9.36 Å². The number of hydrogen-bond acceptors (Lipinski definition) is 7. The molecular formula is C22H18ClN7O2S. The molecule has 0 aliphatic rings. The second-order valence-electron chi connectivity index (χ2n) is 7.21. The smallest absolute Gasteiger partial charge is 0.236 e. The summed E-state index contributed by atoms with van der Waals surface area (Å²) in [5.41, 5.74) is 2.62. The summed E-state index contributed by atoms with van der Waals surface area (Å²) in [7, 11) is 0. The van der Waals surface area contributed by atoms with E-state index < -0.39 is 0 Å². The maximum absolute atomic E-state index is 12.4. The van der Waals surface area contributed by atoms with Gasteiger partial charge in [0, 0.05) is 6.07 Å². The number of aryl methyl sites for hydroxylation is 1. The highest BCUT2D eigenvalue weighted by atomic mass is 35.5. The molecule has 166 valence electrons. The largest absolute Gasteiger partial charge is 0.360 e. The van der Waals surface area contributed by atoms with Crippen molar-refractivity contribution in [3.8, 4) is 5.69 Å². The quantitative estimate of drug-likeness (QED) is 0.346. The van der Waals surface area contributed by atoms with Gasteiger partial charge in [-0.15, -0.1) is 10.2 Å². The number of halogens is 1. The zero-order valence-corrected chi connectivity index (χ0v) is 19.0. The van der Waals surface area contributed by atoms with Crippen molar-refractivity contribution in [1.82, 2.24) is 29.5 Å². The molecule has 0 aliphatic heterocycles. The Balaban J connectivity index is 1.43. The highest BCUT2D eigenvalue weighted by molar-refractivity contribution is 7.99. The average Bonchev–Trinajstić information content (AvgIpc) is 3.52. The minimum atomic E-state index is -0.232. The number of imidazole rings is 1. The Morgan fingerprint density at radius 2 is 1.97 bits per heavy atom. The lowest BCUT2D eigenvalue weighted by Crippen LogP contribution is -2.15. The number of fused-ring (bicyclic) bond motifs is 1. The second-order valence-corrected chi connectivity index (χ2v) is 8.56. The van der Waals surface area contributed by atoms with Gasteiger partial charge in [0.15, 0.2) is 16.8 Å². The van der Waals surface area contributed by atoms with Crippen LogP contribution in [0.2, 0.25) is 5.02 Å². The first-order valence-corrected chi connectivity index (χ1v) is 11.4. The van der Waals surface area contributed by atoms with Crippen LogP contribution in [-0.2, 0) is 11.3 Å². The number of rotatable bonds is 7. The first kappa shape index (κ1) is 21.2. The van der Waals surface area contributed by atoms with Gasteiger partial charge in [-0.2, -0.15) is 0 Å². The number of amides is 1. The van der Waals surface area contributed by atoms with Crippen molar-refractivity contribution in [2.75, 3.05) is 11.1 Å². The van der Waals surface area contributed by atoms with Crippen LogP contribution in [0.25, 0.3) is 16.7 Å². The third kappa shape index (κ3) is 4.48. The van der Waals surface area contributed by atoms with Gasteiger partial charge < -0.3 is 14.4 Å². The molecule has 5 rings (SSSR count). The number of aromatic nitrogens is 6. The third-order valence-electron chi connectivity index (χ3n) is 4.86. The number of carbonyl (C=O) groups is 1. The van der Waals surface area contributed by atoms with Crippen LogP contribution in [0.3, 0.4) is 0 Å². The Morgan fingerprint density at radius 3 is 2.79 bits per heavy atom. The van der Waals surface area contributed by atoms with Gasteiger partial charge in [0.2, 0.25) is 5.91 Å². The number of carbonyl (C=O) groups excluding carboxylic acids is 1. The van der Waals surface area contributed by atoms with E-state index in [1.807, 2.05) is 51.6 Å². The van der Waals surface area contributed by atoms with Crippen LogP contribution in [-0.4, -0.2) is 41.1 Å². The van der Waals surface area contributed by atoms with Crippen LogP contribution >= 0.6 is 23.4 Å². The molecule has 0 aliphatic carbocycles. The van der Waals surface area contributed by atoms with E-state index in [0.717, 1.165) is 16.7 Å². The number of hydrogen-bond donors (Lipinski definition) is 1. The first-order valence-electron chi connectivity index (χ1n) is 10.0. The van der Waals surface area contributed by atoms with Crippen molar-refractivity contribution in [3.05, 3.63) is 77.5 Å². The molecule has 3 heterocycles. The van der Waals surface area contributed by atoms with E-state index in [1.54, 1.807) is 25.4 Å². The molecule has 3 aromatic heterocycles. The van der Waals surface area contributed by atoms with Crippen molar-refractivity contribution in [2.24, 2.45) is 0 Å². The standard InChI is InChI=1S/C22H18ClN7O2S/c1-14-10-19(28-32-14)25-21(31)12-33-22-27-26-20(30(22)17-8-4-2-6-15(17)23)11-29-13-24-16-7-3-5-9-18(16)29/h2-10,13H,11-12H2,1H3,(H,25,28,31). The summed E-state index contributed by atoms with van der Waals surface area (Å²) in [6.07, 6.45) is 1.77. The lowest BCUT2D eigenvalue weighted by atomic mass is 10.3. The number of nitrogens with zero attached hydrogens (tertiary/aromatic N) is 6. The van der Waals surface area contributed by atoms with Gasteiger partial charge in [-0.1, -0.05) is 52.8 Å². The van der Waals surface area contributed by atoms with Crippen LogP contribution in [0.5, 0.6) is 0 Å². The summed E-state index contributed by atoms with van der Waals surface area (Å²) in [6, 6.07) is 17.0. The summed E-state index contributed by atoms with van der Waals surface area (Å²) >= 11 is 7.76. The Bertz CT molecular complexity index is 1440. The maximum atomic E-state index is 12.4. The maximum Gasteiger partial charge on any atom is 0.236 e. The SMILES string of the molecule is Cc1cc(NC(=O)CSc2nnc(Cn3cnc4ccccc43)n2-c2ccccc2Cl)no1. The van der Waals surface area contributed by atoms with Crippen molar-refractivity contribution in [2.45, 2.75) is 18.6 Å². The topological polar surface area (TPSA) is 104 Å². The summed E-state index contributed by atoms with van der Waals surface area (Å²) in [5, 5.41) is 16.3. The predicted molar refractivity (Wildman–Crippen MR) is 126 cm³/mol. The lowest BCUT2D eigenvalue weighted by molar-refractivity contribution is -0.113. The minimum Gasteiger partial charge on any atom is -0.360 e. The summed E-state index contributed by atoms with van der Waals surface area (Å²) < 4.78 is 8.85. The van der Waals surface area contributed by atoms with Gasteiger partial charge in [-0.05, 0) is 31.2 Å². The van der Waals surface area contributed by atoms with E-state index in [4.69, 9.17) is 16.1 Å². The predicted octanol–water partition coefficient (Wildman–Crippen LogP) is 4.35. The molecule has 1 N–H and O–H groups in total. The molecule has 0 atom stereocenters. The molecular weight excluding hydrogens is 462 g/mol. The van der Waals surface area contributed by atoms with E-state index in [9.17, 15) is 4.79 Å². The molecule has 0 saturated heterocycles. The fourth-order valence-corrected chi connectivity index (χ4v) is 4.38. The summed E-state index contributed by atoms with van der Waals surface area (Å²) in [5.74, 6) is 1.54. The molecule has 0 saturated carbocycles. The van der Waals surface area contributed by atoms with Crippen LogP contribution in [0.15, 0.2) is 70.6 Å². The Morgan fingerprint density at radius 1 is 1.15 bits per heavy atom. The Kier molecular flexibility index (Phi) is 5.84. The Hall–Kier alpha value is -3.63. The minimum absolute atomic E-state index is 0.114. The monoisotopic (exact) mass is 479 g/mol. The van der Waals surface area contributed by atoms with E-state index >= 15 is 0 Å². The molecule has 11 heteroatoms. The molecule has 0 fully saturated rings. The van der Waals surface area contributed by atoms with E-state index in [1.165, 1.54) is 11.8 Å². The zero-order valence-electron chi connectivity index (χ0n) is 17.5. The van der Waals surface area contributed by atoms with E-state index in [0.29, 0.717) is 34.1 Å². The van der Waals surface area contributed by atoms with Crippen LogP contribution in [0.4, 0.5) is 5.82 Å². The van der Waals surface area contributed by atoms with Gasteiger partial charge in [0.1, 0.15) is 5.76 Å². The normalized spacial score (nSPS) is 11.2. The van der Waals surface area contributed by atoms with Gasteiger partial charge >= 0.3 is 0 Å². The van der Waals surface area contributed by atoms with Crippen LogP contribution < -0.4 is 5.32 Å². The molecule has 0 unspecified atom stereocenters. The fraction of sp³-hybridized carbons (Fsp3) is 0.136. The fourth-order valence-electron chi connectivity index (χ4n) is 3.39. The van der Waals surface area contributed by atoms with Crippen molar-refractivity contribution >= 4 is 46.1 Å². The molecule has 33 heavy (non-hydrogen) atoms. The van der Waals surface area contributed by atoms with Gasteiger partial charge in [0.25, 0.3) is 0 Å². The first-order chi connectivity index (χ1) is 16.1. The van der Waals surface area contributed by atoms with E-state index in [-0.39, 0.29) is 11.7 Å². The molecule has 0 bridgehead atoms. The zero-order chi connectivity index (χ0) is 22.8. The molecule has 1 amide bonds. The van der Waals surface area contributed by atoms with Crippen LogP contribution in [0, 0.1) is 6.92 Å². The van der Waals surface area contributed by atoms with E-state index in [2.05, 4.69) is 25.7 Å². The molecule has 0 spiro atoms. The molecule has 0 radical (unpaired) electrons. The Labute approximate surface area is 197 Å². The number of anilines is 1.